The van der Waals surface area contributed by atoms with E-state index in [-0.39, 0.29) is 0 Å². The van der Waals surface area contributed by atoms with Gasteiger partial charge in [-0.3, -0.25) is 0 Å². The maximum absolute atomic E-state index is 2.29. The highest BCUT2D eigenvalue weighted by atomic mass is 14.0. The first-order valence-corrected chi connectivity index (χ1v) is 9.06. The molecule has 19 heavy (non-hydrogen) atoms. The minimum Gasteiger partial charge on any atom is -0.0654 e. The summed E-state index contributed by atoms with van der Waals surface area (Å²) in [5.41, 5.74) is 0. The molecule has 0 heteroatoms. The zero-order valence-electron chi connectivity index (χ0n) is 14.1. The van der Waals surface area contributed by atoms with Crippen LogP contribution in [0.25, 0.3) is 0 Å². The van der Waals surface area contributed by atoms with E-state index in [1.54, 1.807) is 5.92 Å². The van der Waals surface area contributed by atoms with Crippen molar-refractivity contribution in [2.75, 3.05) is 0 Å². The molecular weight excluding hydrogens is 228 g/mol. The van der Waals surface area contributed by atoms with Gasteiger partial charge in [0.05, 0.1) is 0 Å². The fraction of sp³-hybridized carbons (Fsp3) is 0.947. The first-order valence-electron chi connectivity index (χ1n) is 9.06. The lowest BCUT2D eigenvalue weighted by Gasteiger charge is -2.04. The molecule has 1 radical (unpaired) electrons. The molecule has 0 N–H and O–H groups in total. The van der Waals surface area contributed by atoms with E-state index in [1.165, 1.54) is 96.3 Å². The summed E-state index contributed by atoms with van der Waals surface area (Å²) in [4.78, 5) is 0. The molecule has 0 aromatic rings. The summed E-state index contributed by atoms with van der Waals surface area (Å²) in [6.45, 7) is 6.80. The van der Waals surface area contributed by atoms with E-state index in [4.69, 9.17) is 0 Å². The van der Waals surface area contributed by atoms with E-state index in [1.807, 2.05) is 0 Å². The van der Waals surface area contributed by atoms with Crippen molar-refractivity contribution in [3.8, 4) is 0 Å². The summed E-state index contributed by atoms with van der Waals surface area (Å²) in [5.74, 6) is 1.60. The highest BCUT2D eigenvalue weighted by Gasteiger charge is 1.96. The van der Waals surface area contributed by atoms with Crippen molar-refractivity contribution in [2.45, 2.75) is 117 Å². The monoisotopic (exact) mass is 267 g/mol. The molecule has 0 atom stereocenters. The van der Waals surface area contributed by atoms with Crippen molar-refractivity contribution in [3.05, 3.63) is 5.92 Å². The van der Waals surface area contributed by atoms with Gasteiger partial charge in [0, 0.05) is 0 Å². The Morgan fingerprint density at radius 1 is 0.474 bits per heavy atom. The van der Waals surface area contributed by atoms with E-state index in [2.05, 4.69) is 20.8 Å². The van der Waals surface area contributed by atoms with Gasteiger partial charge in [0.25, 0.3) is 0 Å². The summed E-state index contributed by atoms with van der Waals surface area (Å²) in [5, 5.41) is 0. The first-order chi connectivity index (χ1) is 9.27. The van der Waals surface area contributed by atoms with Gasteiger partial charge >= 0.3 is 0 Å². The summed E-state index contributed by atoms with van der Waals surface area (Å²) < 4.78 is 0. The van der Waals surface area contributed by atoms with Crippen LogP contribution in [0.4, 0.5) is 0 Å². The smallest absolute Gasteiger partial charge is 0.0303 e. The standard InChI is InChI=1S/C19H39/c1-4-5-6-7-8-9-10-11-12-13-14-15-16-17-18-19(2)3/h4-18H2,1-3H3. The van der Waals surface area contributed by atoms with E-state index >= 15 is 0 Å². The van der Waals surface area contributed by atoms with Gasteiger partial charge in [-0.05, 0) is 12.3 Å². The molecule has 0 aliphatic heterocycles. The first kappa shape index (κ1) is 19.0. The Kier molecular flexibility index (Phi) is 16.1. The second-order valence-corrected chi connectivity index (χ2v) is 6.55. The molecule has 0 saturated heterocycles. The molecule has 0 nitrogen and oxygen atoms in total. The van der Waals surface area contributed by atoms with Crippen molar-refractivity contribution >= 4 is 0 Å². The SMILES string of the molecule is CCCCCCCCCCCCCCCC[C](C)C. The van der Waals surface area contributed by atoms with Crippen LogP contribution < -0.4 is 0 Å². The highest BCUT2D eigenvalue weighted by Crippen LogP contribution is 2.14. The number of hydrogen-bond acceptors (Lipinski definition) is 0. The van der Waals surface area contributed by atoms with Crippen LogP contribution in [-0.4, -0.2) is 0 Å². The third kappa shape index (κ3) is 18.0. The van der Waals surface area contributed by atoms with Crippen molar-refractivity contribution in [1.82, 2.24) is 0 Å². The average Bonchev–Trinajstić information content (AvgIpc) is 2.39. The Hall–Kier alpha value is 0. The lowest BCUT2D eigenvalue weighted by atomic mass is 10.0. The molecule has 0 amide bonds. The molecule has 0 unspecified atom stereocenters. The zero-order chi connectivity index (χ0) is 14.2. The number of unbranched alkanes of at least 4 members (excludes halogenated alkanes) is 13. The Bertz CT molecular complexity index is 148. The predicted octanol–water partition coefficient (Wildman–Crippen LogP) is 7.47. The van der Waals surface area contributed by atoms with Crippen molar-refractivity contribution < 1.29 is 0 Å². The van der Waals surface area contributed by atoms with Crippen LogP contribution in [0.5, 0.6) is 0 Å². The van der Waals surface area contributed by atoms with Crippen LogP contribution in [-0.2, 0) is 0 Å². The van der Waals surface area contributed by atoms with Crippen LogP contribution in [0.2, 0.25) is 0 Å². The van der Waals surface area contributed by atoms with Crippen LogP contribution in [0.15, 0.2) is 0 Å². The summed E-state index contributed by atoms with van der Waals surface area (Å²) >= 11 is 0. The Labute approximate surface area is 123 Å². The van der Waals surface area contributed by atoms with Gasteiger partial charge in [-0.15, -0.1) is 0 Å². The summed E-state index contributed by atoms with van der Waals surface area (Å²) in [7, 11) is 0. The maximum Gasteiger partial charge on any atom is -0.0303 e. The molecule has 0 rings (SSSR count). The molecule has 0 spiro atoms. The van der Waals surface area contributed by atoms with E-state index in [0.29, 0.717) is 0 Å². The fourth-order valence-electron chi connectivity index (χ4n) is 2.67. The largest absolute Gasteiger partial charge is 0.0654 e. The van der Waals surface area contributed by atoms with E-state index in [9.17, 15) is 0 Å². The second kappa shape index (κ2) is 16.1. The molecule has 115 valence electrons. The van der Waals surface area contributed by atoms with Crippen LogP contribution in [0, 0.1) is 5.92 Å². The lowest BCUT2D eigenvalue weighted by molar-refractivity contribution is 0.533. The average molecular weight is 268 g/mol. The summed E-state index contributed by atoms with van der Waals surface area (Å²) in [6, 6.07) is 0. The molecule has 0 aliphatic carbocycles. The molecule has 0 aliphatic rings. The van der Waals surface area contributed by atoms with Gasteiger partial charge < -0.3 is 0 Å². The van der Waals surface area contributed by atoms with E-state index < -0.39 is 0 Å². The normalized spacial score (nSPS) is 11.4. The Balaban J connectivity index is 2.91. The molecular formula is C19H39. The third-order valence-electron chi connectivity index (χ3n) is 4.03. The lowest BCUT2D eigenvalue weighted by Crippen LogP contribution is -1.86. The molecule has 0 aromatic heterocycles. The third-order valence-corrected chi connectivity index (χ3v) is 4.03. The highest BCUT2D eigenvalue weighted by molar-refractivity contribution is 4.75. The minimum atomic E-state index is 1.35. The van der Waals surface area contributed by atoms with E-state index in [0.717, 1.165) is 0 Å². The Morgan fingerprint density at radius 3 is 1.11 bits per heavy atom. The number of rotatable bonds is 15. The number of hydrogen-bond donors (Lipinski definition) is 0. The molecule has 0 bridgehead atoms. The van der Waals surface area contributed by atoms with Crippen LogP contribution in [0.1, 0.15) is 117 Å². The van der Waals surface area contributed by atoms with Gasteiger partial charge in [-0.1, -0.05) is 111 Å². The summed E-state index contributed by atoms with van der Waals surface area (Å²) in [6.07, 6.45) is 21.8. The van der Waals surface area contributed by atoms with Crippen LogP contribution >= 0.6 is 0 Å². The maximum atomic E-state index is 2.29. The van der Waals surface area contributed by atoms with Gasteiger partial charge in [-0.2, -0.15) is 0 Å². The molecule has 0 saturated carbocycles. The fourth-order valence-corrected chi connectivity index (χ4v) is 2.67. The van der Waals surface area contributed by atoms with Gasteiger partial charge in [0.15, 0.2) is 0 Å². The van der Waals surface area contributed by atoms with Crippen molar-refractivity contribution in [1.29, 1.82) is 0 Å². The van der Waals surface area contributed by atoms with Crippen LogP contribution in [0.3, 0.4) is 0 Å². The van der Waals surface area contributed by atoms with Gasteiger partial charge in [0.2, 0.25) is 0 Å². The minimum absolute atomic E-state index is 1.35. The molecule has 0 aromatic carbocycles. The quantitative estimate of drug-likeness (QED) is 0.270. The topological polar surface area (TPSA) is 0 Å². The van der Waals surface area contributed by atoms with Gasteiger partial charge in [0.1, 0.15) is 0 Å². The van der Waals surface area contributed by atoms with Gasteiger partial charge in [-0.25, -0.2) is 0 Å². The molecule has 0 fully saturated rings. The van der Waals surface area contributed by atoms with Crippen molar-refractivity contribution in [3.63, 3.8) is 0 Å². The predicted molar refractivity (Wildman–Crippen MR) is 89.5 cm³/mol. The molecule has 0 heterocycles. The van der Waals surface area contributed by atoms with Crippen molar-refractivity contribution in [2.24, 2.45) is 0 Å². The zero-order valence-corrected chi connectivity index (χ0v) is 14.1. The Morgan fingerprint density at radius 2 is 0.789 bits per heavy atom. The second-order valence-electron chi connectivity index (χ2n) is 6.55.